The van der Waals surface area contributed by atoms with Crippen molar-refractivity contribution in [1.82, 2.24) is 5.32 Å². The van der Waals surface area contributed by atoms with Crippen LogP contribution in [0.2, 0.25) is 5.02 Å². The SMILES string of the molecule is COc1ccc([N+](=O)[O-])cc1NC(=O)CCCNC(=O)c1ccc(Cl)cc1. The summed E-state index contributed by atoms with van der Waals surface area (Å²) in [5.41, 5.74) is 0.549. The molecule has 0 aliphatic carbocycles. The third-order valence-corrected chi connectivity index (χ3v) is 3.89. The fourth-order valence-corrected chi connectivity index (χ4v) is 2.40. The Morgan fingerprint density at radius 1 is 1.19 bits per heavy atom. The zero-order chi connectivity index (χ0) is 19.8. The topological polar surface area (TPSA) is 111 Å². The Morgan fingerprint density at radius 3 is 2.52 bits per heavy atom. The third kappa shape index (κ3) is 5.96. The number of nitro benzene ring substituents is 1. The van der Waals surface area contributed by atoms with Crippen molar-refractivity contribution in [2.75, 3.05) is 19.0 Å². The molecule has 0 aromatic heterocycles. The van der Waals surface area contributed by atoms with Gasteiger partial charge in [0.25, 0.3) is 11.6 Å². The zero-order valence-electron chi connectivity index (χ0n) is 14.5. The number of carbonyl (C=O) groups excluding carboxylic acids is 2. The number of non-ortho nitro benzene ring substituents is 1. The first-order valence-corrected chi connectivity index (χ1v) is 8.44. The number of amides is 2. The first kappa shape index (κ1) is 20.2. The standard InChI is InChI=1S/C18H18ClN3O5/c1-27-16-9-8-14(22(25)26)11-15(16)21-17(23)3-2-10-20-18(24)12-4-6-13(19)7-5-12/h4-9,11H,2-3,10H2,1H3,(H,20,24)(H,21,23). The van der Waals surface area contributed by atoms with Gasteiger partial charge in [0.15, 0.2) is 0 Å². The highest BCUT2D eigenvalue weighted by Gasteiger charge is 2.13. The summed E-state index contributed by atoms with van der Waals surface area (Å²) in [7, 11) is 1.41. The number of nitrogens with one attached hydrogen (secondary N) is 2. The van der Waals surface area contributed by atoms with Gasteiger partial charge < -0.3 is 15.4 Å². The molecule has 2 N–H and O–H groups in total. The second kappa shape index (κ2) is 9.54. The smallest absolute Gasteiger partial charge is 0.271 e. The lowest BCUT2D eigenvalue weighted by Gasteiger charge is -2.10. The van der Waals surface area contributed by atoms with Crippen LogP contribution in [0.25, 0.3) is 0 Å². The lowest BCUT2D eigenvalue weighted by molar-refractivity contribution is -0.384. The number of nitro groups is 1. The highest BCUT2D eigenvalue weighted by molar-refractivity contribution is 6.30. The van der Waals surface area contributed by atoms with E-state index in [1.807, 2.05) is 0 Å². The maximum Gasteiger partial charge on any atom is 0.271 e. The van der Waals surface area contributed by atoms with E-state index in [9.17, 15) is 19.7 Å². The van der Waals surface area contributed by atoms with Gasteiger partial charge in [-0.3, -0.25) is 19.7 Å². The summed E-state index contributed by atoms with van der Waals surface area (Å²) >= 11 is 5.77. The first-order valence-electron chi connectivity index (χ1n) is 8.06. The molecule has 2 aromatic rings. The fourth-order valence-electron chi connectivity index (χ4n) is 2.27. The molecule has 8 nitrogen and oxygen atoms in total. The highest BCUT2D eigenvalue weighted by atomic mass is 35.5. The van der Waals surface area contributed by atoms with E-state index in [1.54, 1.807) is 24.3 Å². The molecule has 0 heterocycles. The van der Waals surface area contributed by atoms with Gasteiger partial charge in [-0.1, -0.05) is 11.6 Å². The van der Waals surface area contributed by atoms with Crippen molar-refractivity contribution in [3.63, 3.8) is 0 Å². The van der Waals surface area contributed by atoms with Gasteiger partial charge in [-0.2, -0.15) is 0 Å². The Kier molecular flexibility index (Phi) is 7.13. The van der Waals surface area contributed by atoms with Crippen LogP contribution in [0.5, 0.6) is 5.75 Å². The van der Waals surface area contributed by atoms with Crippen molar-refractivity contribution >= 4 is 34.8 Å². The van der Waals surface area contributed by atoms with Gasteiger partial charge in [-0.25, -0.2) is 0 Å². The molecule has 0 bridgehead atoms. The summed E-state index contributed by atoms with van der Waals surface area (Å²) in [5.74, 6) is -0.271. The van der Waals surface area contributed by atoms with E-state index in [2.05, 4.69) is 10.6 Å². The zero-order valence-corrected chi connectivity index (χ0v) is 15.3. The molecule has 0 atom stereocenters. The Morgan fingerprint density at radius 2 is 1.89 bits per heavy atom. The number of hydrogen-bond acceptors (Lipinski definition) is 5. The number of rotatable bonds is 8. The van der Waals surface area contributed by atoms with E-state index in [4.69, 9.17) is 16.3 Å². The van der Waals surface area contributed by atoms with Crippen LogP contribution >= 0.6 is 11.6 Å². The van der Waals surface area contributed by atoms with Gasteiger partial charge in [-0.15, -0.1) is 0 Å². The molecule has 0 saturated heterocycles. The summed E-state index contributed by atoms with van der Waals surface area (Å²) in [6, 6.07) is 10.4. The molecule has 27 heavy (non-hydrogen) atoms. The highest BCUT2D eigenvalue weighted by Crippen LogP contribution is 2.28. The van der Waals surface area contributed by atoms with Gasteiger partial charge in [0.05, 0.1) is 17.7 Å². The number of carbonyl (C=O) groups is 2. The number of halogens is 1. The molecule has 0 fully saturated rings. The normalized spacial score (nSPS) is 10.1. The molecule has 0 unspecified atom stereocenters. The van der Waals surface area contributed by atoms with Gasteiger partial charge in [0.2, 0.25) is 5.91 Å². The molecule has 142 valence electrons. The Hall–Kier alpha value is -3.13. The average molecular weight is 392 g/mol. The van der Waals surface area contributed by atoms with E-state index in [0.29, 0.717) is 29.3 Å². The Balaban J connectivity index is 1.82. The summed E-state index contributed by atoms with van der Waals surface area (Å²) in [6.07, 6.45) is 0.537. The minimum atomic E-state index is -0.554. The monoisotopic (exact) mass is 391 g/mol. The second-order valence-electron chi connectivity index (χ2n) is 5.56. The Labute approximate surface area is 160 Å². The van der Waals surface area contributed by atoms with Crippen LogP contribution in [-0.2, 0) is 4.79 Å². The summed E-state index contributed by atoms with van der Waals surface area (Å²) in [5, 5.41) is 16.7. The minimum Gasteiger partial charge on any atom is -0.495 e. The van der Waals surface area contributed by atoms with Crippen LogP contribution in [0.1, 0.15) is 23.2 Å². The van der Waals surface area contributed by atoms with E-state index in [0.717, 1.165) is 0 Å². The molecule has 9 heteroatoms. The van der Waals surface area contributed by atoms with Gasteiger partial charge in [0, 0.05) is 35.7 Å². The summed E-state index contributed by atoms with van der Waals surface area (Å²) < 4.78 is 5.09. The molecular weight excluding hydrogens is 374 g/mol. The molecule has 0 spiro atoms. The number of ether oxygens (including phenoxy) is 1. The molecule has 0 saturated carbocycles. The van der Waals surface area contributed by atoms with Crippen LogP contribution < -0.4 is 15.4 Å². The number of methoxy groups -OCH3 is 1. The van der Waals surface area contributed by atoms with Gasteiger partial charge >= 0.3 is 0 Å². The van der Waals surface area contributed by atoms with Crippen LogP contribution in [0.3, 0.4) is 0 Å². The quantitative estimate of drug-likeness (QED) is 0.407. The molecule has 2 aromatic carbocycles. The van der Waals surface area contributed by atoms with Gasteiger partial charge in [0.1, 0.15) is 5.75 Å². The third-order valence-electron chi connectivity index (χ3n) is 3.64. The lowest BCUT2D eigenvalue weighted by Crippen LogP contribution is -2.25. The van der Waals surface area contributed by atoms with E-state index in [-0.39, 0.29) is 29.6 Å². The molecule has 2 amide bonds. The molecular formula is C18H18ClN3O5. The summed E-state index contributed by atoms with van der Waals surface area (Å²) in [6.45, 7) is 0.307. The van der Waals surface area contributed by atoms with Crippen molar-refractivity contribution in [2.24, 2.45) is 0 Å². The van der Waals surface area contributed by atoms with Crippen LogP contribution in [-0.4, -0.2) is 30.4 Å². The van der Waals surface area contributed by atoms with Crippen LogP contribution in [0.15, 0.2) is 42.5 Å². The minimum absolute atomic E-state index is 0.132. The van der Waals surface area contributed by atoms with Crippen molar-refractivity contribution in [3.8, 4) is 5.75 Å². The number of benzene rings is 2. The maximum atomic E-state index is 12.1. The average Bonchev–Trinajstić information content (AvgIpc) is 2.65. The van der Waals surface area contributed by atoms with Crippen molar-refractivity contribution in [3.05, 3.63) is 63.2 Å². The molecule has 0 aliphatic rings. The van der Waals surface area contributed by atoms with E-state index in [1.165, 1.54) is 25.3 Å². The fraction of sp³-hybridized carbons (Fsp3) is 0.222. The lowest BCUT2D eigenvalue weighted by atomic mass is 10.2. The molecule has 0 aliphatic heterocycles. The van der Waals surface area contributed by atoms with Crippen molar-refractivity contribution in [2.45, 2.75) is 12.8 Å². The molecule has 0 radical (unpaired) electrons. The van der Waals surface area contributed by atoms with Crippen LogP contribution in [0.4, 0.5) is 11.4 Å². The van der Waals surface area contributed by atoms with E-state index < -0.39 is 4.92 Å². The van der Waals surface area contributed by atoms with Crippen molar-refractivity contribution in [1.29, 1.82) is 0 Å². The predicted octanol–water partition coefficient (Wildman–Crippen LogP) is 3.41. The largest absolute Gasteiger partial charge is 0.495 e. The predicted molar refractivity (Wildman–Crippen MR) is 101 cm³/mol. The first-order chi connectivity index (χ1) is 12.9. The number of hydrogen-bond donors (Lipinski definition) is 2. The van der Waals surface area contributed by atoms with Crippen molar-refractivity contribution < 1.29 is 19.2 Å². The van der Waals surface area contributed by atoms with E-state index >= 15 is 0 Å². The number of anilines is 1. The maximum absolute atomic E-state index is 12.1. The molecule has 2 rings (SSSR count). The second-order valence-corrected chi connectivity index (χ2v) is 5.99. The van der Waals surface area contributed by atoms with Gasteiger partial charge in [-0.05, 0) is 36.8 Å². The summed E-state index contributed by atoms with van der Waals surface area (Å²) in [4.78, 5) is 34.3. The van der Waals surface area contributed by atoms with Crippen LogP contribution in [0, 0.1) is 10.1 Å². The Bertz CT molecular complexity index is 839. The number of nitrogens with zero attached hydrogens (tertiary/aromatic N) is 1.